The fraction of sp³-hybridized carbons (Fsp3) is 0.238. The molecular weight excluding hydrogens is 340 g/mol. The molecule has 0 aliphatic heterocycles. The van der Waals surface area contributed by atoms with Crippen LogP contribution in [0.1, 0.15) is 40.0 Å². The molecule has 3 amide bonds. The van der Waals surface area contributed by atoms with E-state index in [1.807, 2.05) is 30.3 Å². The number of rotatable bonds is 4. The van der Waals surface area contributed by atoms with E-state index in [1.54, 1.807) is 12.1 Å². The molecule has 1 aromatic heterocycles. The van der Waals surface area contributed by atoms with Crippen LogP contribution in [0.3, 0.4) is 0 Å². The van der Waals surface area contributed by atoms with Gasteiger partial charge in [-0.2, -0.15) is 0 Å². The van der Waals surface area contributed by atoms with E-state index in [9.17, 15) is 9.59 Å². The number of aromatic amines is 1. The fourth-order valence-corrected chi connectivity index (χ4v) is 3.68. The van der Waals surface area contributed by atoms with E-state index >= 15 is 0 Å². The minimum Gasteiger partial charge on any atom is -0.358 e. The lowest BCUT2D eigenvalue weighted by Crippen LogP contribution is -2.23. The lowest BCUT2D eigenvalue weighted by Gasteiger charge is -2.10. The Morgan fingerprint density at radius 1 is 1.04 bits per heavy atom. The highest BCUT2D eigenvalue weighted by atomic mass is 16.2. The smallest absolute Gasteiger partial charge is 0.316 e. The van der Waals surface area contributed by atoms with Gasteiger partial charge in [0.15, 0.2) is 0 Å². The summed E-state index contributed by atoms with van der Waals surface area (Å²) in [5.74, 6) is -0.0954. The number of fused-ring (bicyclic) bond motifs is 3. The maximum absolute atomic E-state index is 12.6. The van der Waals surface area contributed by atoms with Crippen molar-refractivity contribution in [3.8, 4) is 0 Å². The van der Waals surface area contributed by atoms with Gasteiger partial charge in [-0.05, 0) is 67.1 Å². The summed E-state index contributed by atoms with van der Waals surface area (Å²) >= 11 is 0. The normalized spacial score (nSPS) is 13.2. The average molecular weight is 362 g/mol. The minimum absolute atomic E-state index is 0.0954. The number of hydrogen-bond acceptors (Lipinski definition) is 2. The average Bonchev–Trinajstić information content (AvgIpc) is 3.04. The number of nitrogens with two attached hydrogens (primary N) is 1. The molecule has 0 saturated carbocycles. The van der Waals surface area contributed by atoms with Crippen LogP contribution in [0.15, 0.2) is 42.5 Å². The molecule has 138 valence electrons. The number of carbonyl (C=O) groups is 2. The Labute approximate surface area is 157 Å². The fourth-order valence-electron chi connectivity index (χ4n) is 3.68. The van der Waals surface area contributed by atoms with Crippen LogP contribution in [0.2, 0.25) is 0 Å². The third-order valence-corrected chi connectivity index (χ3v) is 5.03. The van der Waals surface area contributed by atoms with Gasteiger partial charge >= 0.3 is 6.03 Å². The van der Waals surface area contributed by atoms with E-state index in [2.05, 4.69) is 15.6 Å². The number of amides is 3. The molecule has 0 spiro atoms. The molecule has 4 rings (SSSR count). The summed E-state index contributed by atoms with van der Waals surface area (Å²) in [6, 6.07) is 12.4. The van der Waals surface area contributed by atoms with Crippen molar-refractivity contribution in [2.45, 2.75) is 32.2 Å². The van der Waals surface area contributed by atoms with Gasteiger partial charge in [0, 0.05) is 34.4 Å². The molecule has 0 atom stereocenters. The van der Waals surface area contributed by atoms with Gasteiger partial charge < -0.3 is 21.4 Å². The van der Waals surface area contributed by atoms with Crippen LogP contribution in [-0.2, 0) is 19.4 Å². The number of urea groups is 1. The van der Waals surface area contributed by atoms with Gasteiger partial charge in [0.05, 0.1) is 0 Å². The molecule has 1 heterocycles. The topological polar surface area (TPSA) is 100 Å². The van der Waals surface area contributed by atoms with Crippen molar-refractivity contribution >= 4 is 28.5 Å². The van der Waals surface area contributed by atoms with Crippen molar-refractivity contribution in [1.82, 2.24) is 10.3 Å². The van der Waals surface area contributed by atoms with E-state index in [0.29, 0.717) is 17.8 Å². The van der Waals surface area contributed by atoms with Gasteiger partial charge in [0.2, 0.25) is 0 Å². The summed E-state index contributed by atoms with van der Waals surface area (Å²) in [5, 5.41) is 6.63. The molecule has 0 fully saturated rings. The number of primary amides is 1. The van der Waals surface area contributed by atoms with Crippen molar-refractivity contribution in [2.24, 2.45) is 5.73 Å². The molecule has 2 aromatic carbocycles. The molecule has 27 heavy (non-hydrogen) atoms. The molecule has 1 aliphatic rings. The van der Waals surface area contributed by atoms with Gasteiger partial charge in [-0.3, -0.25) is 4.79 Å². The second kappa shape index (κ2) is 7.15. The molecule has 0 unspecified atom stereocenters. The van der Waals surface area contributed by atoms with Gasteiger partial charge in [0.1, 0.15) is 0 Å². The number of anilines is 1. The molecule has 1 aliphatic carbocycles. The first kappa shape index (κ1) is 17.1. The zero-order valence-corrected chi connectivity index (χ0v) is 15.0. The van der Waals surface area contributed by atoms with Crippen LogP contribution in [-0.4, -0.2) is 16.9 Å². The molecule has 6 nitrogen and oxygen atoms in total. The Balaban J connectivity index is 1.45. The maximum Gasteiger partial charge on any atom is 0.316 e. The zero-order chi connectivity index (χ0) is 18.8. The molecule has 5 N–H and O–H groups in total. The van der Waals surface area contributed by atoms with Crippen LogP contribution in [0, 0.1) is 0 Å². The zero-order valence-electron chi connectivity index (χ0n) is 15.0. The monoisotopic (exact) mass is 362 g/mol. The Morgan fingerprint density at radius 2 is 1.81 bits per heavy atom. The largest absolute Gasteiger partial charge is 0.358 e. The standard InChI is InChI=1S/C21H22N4O2/c22-21(27)24-15-8-5-13(6-9-15)12-23-20(26)14-7-10-19-17(11-14)16-3-1-2-4-18(16)25-19/h5-11,25H,1-4,12H2,(H,23,26)(H3,22,24,27). The second-order valence-corrected chi connectivity index (χ2v) is 6.92. The van der Waals surface area contributed by atoms with Gasteiger partial charge in [-0.15, -0.1) is 0 Å². The number of nitrogens with one attached hydrogen (secondary N) is 3. The number of aromatic nitrogens is 1. The van der Waals surface area contributed by atoms with Gasteiger partial charge in [-0.25, -0.2) is 4.79 Å². The lowest BCUT2D eigenvalue weighted by molar-refractivity contribution is 0.0951. The van der Waals surface area contributed by atoms with Crippen LogP contribution in [0.4, 0.5) is 10.5 Å². The van der Waals surface area contributed by atoms with Crippen LogP contribution in [0.25, 0.3) is 10.9 Å². The van der Waals surface area contributed by atoms with E-state index in [0.717, 1.165) is 23.9 Å². The Morgan fingerprint density at radius 3 is 2.59 bits per heavy atom. The molecule has 0 bridgehead atoms. The summed E-state index contributed by atoms with van der Waals surface area (Å²) in [6.07, 6.45) is 4.59. The highest BCUT2D eigenvalue weighted by Gasteiger charge is 2.16. The van der Waals surface area contributed by atoms with Crippen LogP contribution >= 0.6 is 0 Å². The van der Waals surface area contributed by atoms with Crippen LogP contribution in [0.5, 0.6) is 0 Å². The first-order chi connectivity index (χ1) is 13.1. The third-order valence-electron chi connectivity index (χ3n) is 5.03. The van der Waals surface area contributed by atoms with Crippen molar-refractivity contribution in [3.05, 3.63) is 64.8 Å². The quantitative estimate of drug-likeness (QED) is 0.571. The Bertz CT molecular complexity index is 1000. The van der Waals surface area contributed by atoms with Crippen molar-refractivity contribution < 1.29 is 9.59 Å². The van der Waals surface area contributed by atoms with Crippen molar-refractivity contribution in [1.29, 1.82) is 0 Å². The van der Waals surface area contributed by atoms with E-state index in [1.165, 1.54) is 29.5 Å². The molecule has 0 saturated heterocycles. The van der Waals surface area contributed by atoms with E-state index in [4.69, 9.17) is 5.73 Å². The summed E-state index contributed by atoms with van der Waals surface area (Å²) in [4.78, 5) is 26.9. The van der Waals surface area contributed by atoms with Crippen LogP contribution < -0.4 is 16.4 Å². The SMILES string of the molecule is NC(=O)Nc1ccc(CNC(=O)c2ccc3[nH]c4c(c3c2)CCCC4)cc1. The summed E-state index contributed by atoms with van der Waals surface area (Å²) < 4.78 is 0. The third kappa shape index (κ3) is 3.65. The predicted molar refractivity (Wildman–Crippen MR) is 106 cm³/mol. The Kier molecular flexibility index (Phi) is 4.54. The summed E-state index contributed by atoms with van der Waals surface area (Å²) in [7, 11) is 0. The predicted octanol–water partition coefficient (Wildman–Crippen LogP) is 3.47. The lowest BCUT2D eigenvalue weighted by atomic mass is 9.95. The number of H-pyrrole nitrogens is 1. The minimum atomic E-state index is -0.599. The molecule has 6 heteroatoms. The number of hydrogen-bond donors (Lipinski definition) is 4. The maximum atomic E-state index is 12.6. The molecular formula is C21H22N4O2. The van der Waals surface area contributed by atoms with Gasteiger partial charge in [0.25, 0.3) is 5.91 Å². The van der Waals surface area contributed by atoms with Crippen molar-refractivity contribution in [2.75, 3.05) is 5.32 Å². The summed E-state index contributed by atoms with van der Waals surface area (Å²) in [6.45, 7) is 0.416. The van der Waals surface area contributed by atoms with Crippen molar-refractivity contribution in [3.63, 3.8) is 0 Å². The highest BCUT2D eigenvalue weighted by Crippen LogP contribution is 2.29. The van der Waals surface area contributed by atoms with E-state index < -0.39 is 6.03 Å². The molecule has 3 aromatic rings. The first-order valence-electron chi connectivity index (χ1n) is 9.17. The number of benzene rings is 2. The van der Waals surface area contributed by atoms with Gasteiger partial charge in [-0.1, -0.05) is 12.1 Å². The molecule has 0 radical (unpaired) electrons. The number of carbonyl (C=O) groups excluding carboxylic acids is 2. The Hall–Kier alpha value is -3.28. The summed E-state index contributed by atoms with van der Waals surface area (Å²) in [5.41, 5.74) is 11.1. The second-order valence-electron chi connectivity index (χ2n) is 6.92. The van der Waals surface area contributed by atoms with E-state index in [-0.39, 0.29) is 5.91 Å². The first-order valence-corrected chi connectivity index (χ1v) is 9.17. The number of aryl methyl sites for hydroxylation is 2. The highest BCUT2D eigenvalue weighted by molar-refractivity contribution is 5.99.